The summed E-state index contributed by atoms with van der Waals surface area (Å²) in [7, 11) is 0. The second-order valence-corrected chi connectivity index (χ2v) is 2.42. The monoisotopic (exact) mass is 166 g/mol. The van der Waals surface area contributed by atoms with Gasteiger partial charge >= 0.3 is 5.43 Å². The molecule has 0 spiro atoms. The SMILES string of the molecule is CC(C)OC(C)OC(=O)Cl. The molecule has 0 heterocycles. The summed E-state index contributed by atoms with van der Waals surface area (Å²) in [6.45, 7) is 5.30. The maximum Gasteiger partial charge on any atom is 0.406 e. The van der Waals surface area contributed by atoms with Crippen LogP contribution in [-0.2, 0) is 9.47 Å². The fourth-order valence-electron chi connectivity index (χ4n) is 0.542. The first-order chi connectivity index (χ1) is 4.52. The van der Waals surface area contributed by atoms with Gasteiger partial charge in [-0.3, -0.25) is 0 Å². The highest BCUT2D eigenvalue weighted by atomic mass is 35.5. The molecule has 0 bridgehead atoms. The fraction of sp³-hybridized carbons (Fsp3) is 0.833. The van der Waals surface area contributed by atoms with Gasteiger partial charge in [-0.15, -0.1) is 0 Å². The summed E-state index contributed by atoms with van der Waals surface area (Å²) in [6.07, 6.45) is -0.531. The molecule has 0 N–H and O–H groups in total. The van der Waals surface area contributed by atoms with Crippen molar-refractivity contribution < 1.29 is 14.3 Å². The van der Waals surface area contributed by atoms with Gasteiger partial charge in [0.2, 0.25) is 6.29 Å². The Kier molecular flexibility index (Phi) is 4.40. The highest BCUT2D eigenvalue weighted by Crippen LogP contribution is 2.01. The van der Waals surface area contributed by atoms with Gasteiger partial charge in [-0.25, -0.2) is 4.79 Å². The van der Waals surface area contributed by atoms with Crippen LogP contribution >= 0.6 is 11.6 Å². The summed E-state index contributed by atoms with van der Waals surface area (Å²) >= 11 is 4.91. The molecule has 0 aliphatic heterocycles. The van der Waals surface area contributed by atoms with Crippen molar-refractivity contribution >= 4 is 17.0 Å². The molecule has 1 unspecified atom stereocenters. The summed E-state index contributed by atoms with van der Waals surface area (Å²) in [5.74, 6) is 0. The summed E-state index contributed by atoms with van der Waals surface area (Å²) < 4.78 is 9.50. The minimum atomic E-state index is -0.840. The zero-order valence-electron chi connectivity index (χ0n) is 6.26. The van der Waals surface area contributed by atoms with Crippen LogP contribution in [0.5, 0.6) is 0 Å². The van der Waals surface area contributed by atoms with Crippen LogP contribution in [0.4, 0.5) is 4.79 Å². The number of rotatable bonds is 3. The van der Waals surface area contributed by atoms with E-state index in [9.17, 15) is 4.79 Å². The summed E-state index contributed by atoms with van der Waals surface area (Å²) in [4.78, 5) is 10.1. The van der Waals surface area contributed by atoms with Crippen molar-refractivity contribution in [3.05, 3.63) is 0 Å². The van der Waals surface area contributed by atoms with E-state index >= 15 is 0 Å². The Labute approximate surface area is 65.3 Å². The average Bonchev–Trinajstić information content (AvgIpc) is 1.58. The molecular weight excluding hydrogens is 156 g/mol. The molecule has 0 rings (SSSR count). The lowest BCUT2D eigenvalue weighted by Crippen LogP contribution is -2.18. The van der Waals surface area contributed by atoms with Gasteiger partial charge in [-0.2, -0.15) is 0 Å². The molecule has 3 nitrogen and oxygen atoms in total. The van der Waals surface area contributed by atoms with Crippen molar-refractivity contribution in [3.63, 3.8) is 0 Å². The lowest BCUT2D eigenvalue weighted by Gasteiger charge is -2.14. The lowest BCUT2D eigenvalue weighted by molar-refractivity contribution is -0.110. The van der Waals surface area contributed by atoms with Gasteiger partial charge in [-0.05, 0) is 20.8 Å². The van der Waals surface area contributed by atoms with E-state index < -0.39 is 11.7 Å². The minimum absolute atomic E-state index is 0.0333. The normalized spacial score (nSPS) is 13.3. The van der Waals surface area contributed by atoms with Crippen LogP contribution in [0.1, 0.15) is 20.8 Å². The third-order valence-electron chi connectivity index (χ3n) is 0.722. The third-order valence-corrected chi connectivity index (χ3v) is 0.812. The van der Waals surface area contributed by atoms with Crippen molar-refractivity contribution in [2.75, 3.05) is 0 Å². The molecule has 0 aromatic carbocycles. The quantitative estimate of drug-likeness (QED) is 0.476. The van der Waals surface area contributed by atoms with E-state index in [2.05, 4.69) is 4.74 Å². The predicted octanol–water partition coefficient (Wildman–Crippen LogP) is 2.13. The molecule has 0 radical (unpaired) electrons. The van der Waals surface area contributed by atoms with E-state index in [0.29, 0.717) is 0 Å². The number of halogens is 1. The number of hydrogen-bond donors (Lipinski definition) is 0. The van der Waals surface area contributed by atoms with Crippen LogP contribution in [0.2, 0.25) is 0 Å². The van der Waals surface area contributed by atoms with Crippen molar-refractivity contribution in [1.29, 1.82) is 0 Å². The van der Waals surface area contributed by atoms with E-state index in [1.165, 1.54) is 0 Å². The molecule has 0 aliphatic carbocycles. The smallest absolute Gasteiger partial charge is 0.406 e. The topological polar surface area (TPSA) is 35.5 Å². The summed E-state index contributed by atoms with van der Waals surface area (Å²) in [5, 5.41) is 0. The van der Waals surface area contributed by atoms with E-state index in [4.69, 9.17) is 16.3 Å². The Morgan fingerprint density at radius 3 is 2.20 bits per heavy atom. The molecule has 10 heavy (non-hydrogen) atoms. The first kappa shape index (κ1) is 9.72. The van der Waals surface area contributed by atoms with Gasteiger partial charge in [0.25, 0.3) is 0 Å². The molecule has 60 valence electrons. The molecule has 0 saturated carbocycles. The van der Waals surface area contributed by atoms with E-state index in [1.807, 2.05) is 13.8 Å². The van der Waals surface area contributed by atoms with Crippen LogP contribution in [0, 0.1) is 0 Å². The summed E-state index contributed by atoms with van der Waals surface area (Å²) in [6, 6.07) is 0. The van der Waals surface area contributed by atoms with Gasteiger partial charge in [-0.1, -0.05) is 0 Å². The molecule has 0 aromatic rings. The Balaban J connectivity index is 3.43. The third kappa shape index (κ3) is 5.85. The molecule has 0 fully saturated rings. The molecular formula is C6H11ClO3. The maximum atomic E-state index is 10.1. The molecule has 0 aliphatic rings. The van der Waals surface area contributed by atoms with Gasteiger partial charge < -0.3 is 9.47 Å². The zero-order valence-corrected chi connectivity index (χ0v) is 7.01. The van der Waals surface area contributed by atoms with Crippen molar-refractivity contribution in [3.8, 4) is 0 Å². The fourth-order valence-corrected chi connectivity index (χ4v) is 0.667. The van der Waals surface area contributed by atoms with Crippen molar-refractivity contribution in [1.82, 2.24) is 0 Å². The molecule has 4 heteroatoms. The number of carbonyl (C=O) groups is 1. The second-order valence-electron chi connectivity index (χ2n) is 2.11. The Morgan fingerprint density at radius 1 is 1.40 bits per heavy atom. The van der Waals surface area contributed by atoms with E-state index in [1.54, 1.807) is 6.92 Å². The maximum absolute atomic E-state index is 10.1. The number of carbonyl (C=O) groups excluding carboxylic acids is 1. The number of hydrogen-bond acceptors (Lipinski definition) is 3. The highest BCUT2D eigenvalue weighted by Gasteiger charge is 2.07. The van der Waals surface area contributed by atoms with Crippen LogP contribution < -0.4 is 0 Å². The number of ether oxygens (including phenoxy) is 2. The average molecular weight is 167 g/mol. The first-order valence-corrected chi connectivity index (χ1v) is 3.41. The minimum Gasteiger partial charge on any atom is -0.424 e. The standard InChI is InChI=1S/C6H11ClO3/c1-4(2)9-5(3)10-6(7)8/h4-5H,1-3H3. The van der Waals surface area contributed by atoms with Gasteiger partial charge in [0.1, 0.15) is 0 Å². The zero-order chi connectivity index (χ0) is 8.15. The van der Waals surface area contributed by atoms with Crippen molar-refractivity contribution in [2.45, 2.75) is 33.2 Å². The van der Waals surface area contributed by atoms with Crippen LogP contribution in [0.15, 0.2) is 0 Å². The van der Waals surface area contributed by atoms with Gasteiger partial charge in [0.15, 0.2) is 0 Å². The molecule has 0 saturated heterocycles. The van der Waals surface area contributed by atoms with Gasteiger partial charge in [0, 0.05) is 11.6 Å². The Bertz CT molecular complexity index is 114. The lowest BCUT2D eigenvalue weighted by atomic mass is 10.5. The molecule has 0 aromatic heterocycles. The van der Waals surface area contributed by atoms with E-state index in [-0.39, 0.29) is 6.10 Å². The summed E-state index contributed by atoms with van der Waals surface area (Å²) in [5.41, 5.74) is -0.840. The van der Waals surface area contributed by atoms with Crippen LogP contribution in [-0.4, -0.2) is 17.8 Å². The second kappa shape index (κ2) is 4.52. The Hall–Kier alpha value is -0.280. The van der Waals surface area contributed by atoms with E-state index in [0.717, 1.165) is 0 Å². The van der Waals surface area contributed by atoms with Crippen LogP contribution in [0.3, 0.4) is 0 Å². The first-order valence-electron chi connectivity index (χ1n) is 3.04. The molecule has 1 atom stereocenters. The van der Waals surface area contributed by atoms with Gasteiger partial charge in [0.05, 0.1) is 6.10 Å². The van der Waals surface area contributed by atoms with Crippen molar-refractivity contribution in [2.24, 2.45) is 0 Å². The van der Waals surface area contributed by atoms with Crippen LogP contribution in [0.25, 0.3) is 0 Å². The molecule has 0 amide bonds. The highest BCUT2D eigenvalue weighted by molar-refractivity contribution is 6.61. The largest absolute Gasteiger partial charge is 0.424 e. The Morgan fingerprint density at radius 2 is 1.90 bits per heavy atom. The predicted molar refractivity (Wildman–Crippen MR) is 38.0 cm³/mol.